The third-order valence-corrected chi connectivity index (χ3v) is 3.03. The molecule has 1 atom stereocenters. The van der Waals surface area contributed by atoms with Crippen LogP contribution in [0.1, 0.15) is 37.6 Å². The molecule has 0 fully saturated rings. The van der Waals surface area contributed by atoms with Crippen LogP contribution in [0, 0.1) is 11.7 Å². The maximum absolute atomic E-state index is 13.1. The Kier molecular flexibility index (Phi) is 4.67. The Balaban J connectivity index is 3.00. The van der Waals surface area contributed by atoms with Crippen LogP contribution < -0.4 is 4.90 Å². The highest BCUT2D eigenvalue weighted by atomic mass is 19.1. The van der Waals surface area contributed by atoms with Crippen molar-refractivity contribution in [3.63, 3.8) is 0 Å². The standard InChI is InChI=1S/C14H20FNO/c1-5-10(2)9-16(4)14-7-6-12(15)8-13(14)11(3)17/h6-8,10H,5,9H2,1-4H3. The van der Waals surface area contributed by atoms with E-state index in [9.17, 15) is 9.18 Å². The van der Waals surface area contributed by atoms with Crippen molar-refractivity contribution in [1.82, 2.24) is 0 Å². The molecule has 1 unspecified atom stereocenters. The van der Waals surface area contributed by atoms with Gasteiger partial charge in [-0.3, -0.25) is 4.79 Å². The quantitative estimate of drug-likeness (QED) is 0.730. The van der Waals surface area contributed by atoms with Crippen molar-refractivity contribution in [1.29, 1.82) is 0 Å². The Hall–Kier alpha value is -1.38. The molecule has 0 bridgehead atoms. The van der Waals surface area contributed by atoms with Gasteiger partial charge in [-0.25, -0.2) is 4.39 Å². The van der Waals surface area contributed by atoms with E-state index in [0.29, 0.717) is 11.5 Å². The van der Waals surface area contributed by atoms with E-state index in [1.54, 1.807) is 6.07 Å². The minimum atomic E-state index is -0.365. The van der Waals surface area contributed by atoms with Crippen LogP contribution in [0.4, 0.5) is 10.1 Å². The first-order valence-corrected chi connectivity index (χ1v) is 5.97. The fourth-order valence-electron chi connectivity index (χ4n) is 1.82. The molecule has 0 aliphatic carbocycles. The molecule has 0 heterocycles. The smallest absolute Gasteiger partial charge is 0.161 e. The Morgan fingerprint density at radius 3 is 2.65 bits per heavy atom. The van der Waals surface area contributed by atoms with Crippen molar-refractivity contribution in [2.24, 2.45) is 5.92 Å². The largest absolute Gasteiger partial charge is 0.374 e. The van der Waals surface area contributed by atoms with Crippen LogP contribution >= 0.6 is 0 Å². The topological polar surface area (TPSA) is 20.3 Å². The van der Waals surface area contributed by atoms with Gasteiger partial charge in [0.1, 0.15) is 5.82 Å². The van der Waals surface area contributed by atoms with Crippen LogP contribution in [0.3, 0.4) is 0 Å². The molecule has 94 valence electrons. The number of anilines is 1. The summed E-state index contributed by atoms with van der Waals surface area (Å²) >= 11 is 0. The first-order chi connectivity index (χ1) is 7.95. The second-order valence-corrected chi connectivity index (χ2v) is 4.61. The number of nitrogens with zero attached hydrogens (tertiary/aromatic N) is 1. The molecule has 0 radical (unpaired) electrons. The van der Waals surface area contributed by atoms with E-state index in [1.165, 1.54) is 19.1 Å². The number of benzene rings is 1. The summed E-state index contributed by atoms with van der Waals surface area (Å²) in [4.78, 5) is 13.5. The minimum absolute atomic E-state index is 0.101. The number of Topliss-reactive ketones (excluding diaryl/α,β-unsaturated/α-hetero) is 1. The number of carbonyl (C=O) groups is 1. The molecule has 1 aromatic rings. The zero-order chi connectivity index (χ0) is 13.0. The van der Waals surface area contributed by atoms with Gasteiger partial charge in [0.2, 0.25) is 0 Å². The lowest BCUT2D eigenvalue weighted by molar-refractivity contribution is 0.101. The van der Waals surface area contributed by atoms with Crippen molar-refractivity contribution in [3.05, 3.63) is 29.6 Å². The van der Waals surface area contributed by atoms with Crippen LogP contribution in [-0.2, 0) is 0 Å². The normalized spacial score (nSPS) is 12.3. The molecule has 1 aromatic carbocycles. The number of hydrogen-bond donors (Lipinski definition) is 0. The summed E-state index contributed by atoms with van der Waals surface area (Å²) < 4.78 is 13.1. The number of carbonyl (C=O) groups excluding carboxylic acids is 1. The fourth-order valence-corrected chi connectivity index (χ4v) is 1.82. The minimum Gasteiger partial charge on any atom is -0.374 e. The SMILES string of the molecule is CCC(C)CN(C)c1ccc(F)cc1C(C)=O. The summed E-state index contributed by atoms with van der Waals surface area (Å²) in [6, 6.07) is 4.38. The second kappa shape index (κ2) is 5.80. The molecule has 0 N–H and O–H groups in total. The summed E-state index contributed by atoms with van der Waals surface area (Å²) in [5.74, 6) is 0.0799. The van der Waals surface area contributed by atoms with Gasteiger partial charge in [0.25, 0.3) is 0 Å². The monoisotopic (exact) mass is 237 g/mol. The molecule has 0 aliphatic rings. The first-order valence-electron chi connectivity index (χ1n) is 5.97. The highest BCUT2D eigenvalue weighted by Gasteiger charge is 2.13. The third-order valence-electron chi connectivity index (χ3n) is 3.03. The van der Waals surface area contributed by atoms with E-state index in [2.05, 4.69) is 13.8 Å². The number of rotatable bonds is 5. The van der Waals surface area contributed by atoms with Gasteiger partial charge in [-0.15, -0.1) is 0 Å². The lowest BCUT2D eigenvalue weighted by Crippen LogP contribution is -2.25. The molecule has 1 rings (SSSR count). The molecule has 0 saturated carbocycles. The van der Waals surface area contributed by atoms with Crippen LogP contribution in [0.25, 0.3) is 0 Å². The van der Waals surface area contributed by atoms with Gasteiger partial charge in [-0.1, -0.05) is 20.3 Å². The van der Waals surface area contributed by atoms with Crippen LogP contribution in [0.15, 0.2) is 18.2 Å². The Morgan fingerprint density at radius 2 is 2.12 bits per heavy atom. The average Bonchev–Trinajstić information content (AvgIpc) is 2.28. The number of ketones is 1. The summed E-state index contributed by atoms with van der Waals surface area (Å²) in [7, 11) is 1.94. The van der Waals surface area contributed by atoms with Gasteiger partial charge in [0.05, 0.1) is 0 Å². The average molecular weight is 237 g/mol. The Morgan fingerprint density at radius 1 is 1.47 bits per heavy atom. The Bertz CT molecular complexity index is 403. The van der Waals surface area contributed by atoms with Gasteiger partial charge >= 0.3 is 0 Å². The molecular formula is C14H20FNO. The lowest BCUT2D eigenvalue weighted by Gasteiger charge is -2.24. The molecule has 17 heavy (non-hydrogen) atoms. The second-order valence-electron chi connectivity index (χ2n) is 4.61. The van der Waals surface area contributed by atoms with Gasteiger partial charge in [0.15, 0.2) is 5.78 Å². The fraction of sp³-hybridized carbons (Fsp3) is 0.500. The van der Waals surface area contributed by atoms with Gasteiger partial charge in [-0.05, 0) is 31.0 Å². The molecule has 0 spiro atoms. The van der Waals surface area contributed by atoms with E-state index in [1.807, 2.05) is 11.9 Å². The van der Waals surface area contributed by atoms with E-state index < -0.39 is 0 Å². The highest BCUT2D eigenvalue weighted by Crippen LogP contribution is 2.22. The van der Waals surface area contributed by atoms with E-state index >= 15 is 0 Å². The van der Waals surface area contributed by atoms with Gasteiger partial charge in [0, 0.05) is 24.8 Å². The van der Waals surface area contributed by atoms with E-state index in [-0.39, 0.29) is 11.6 Å². The predicted octanol–water partition coefficient (Wildman–Crippen LogP) is 3.51. The number of hydrogen-bond acceptors (Lipinski definition) is 2. The van der Waals surface area contributed by atoms with Crippen molar-refractivity contribution in [2.45, 2.75) is 27.2 Å². The number of halogens is 1. The van der Waals surface area contributed by atoms with Crippen LogP contribution in [0.2, 0.25) is 0 Å². The summed E-state index contributed by atoms with van der Waals surface area (Å²) in [6.07, 6.45) is 1.08. The molecular weight excluding hydrogens is 217 g/mol. The van der Waals surface area contributed by atoms with E-state index in [4.69, 9.17) is 0 Å². The summed E-state index contributed by atoms with van der Waals surface area (Å²) in [5, 5.41) is 0. The van der Waals surface area contributed by atoms with E-state index in [0.717, 1.165) is 18.7 Å². The maximum atomic E-state index is 13.1. The molecule has 0 aliphatic heterocycles. The van der Waals surface area contributed by atoms with Crippen molar-refractivity contribution >= 4 is 11.5 Å². The predicted molar refractivity (Wildman–Crippen MR) is 69.1 cm³/mol. The van der Waals surface area contributed by atoms with Crippen molar-refractivity contribution in [3.8, 4) is 0 Å². The zero-order valence-corrected chi connectivity index (χ0v) is 11.0. The van der Waals surface area contributed by atoms with Crippen molar-refractivity contribution in [2.75, 3.05) is 18.5 Å². The Labute approximate surface area is 102 Å². The molecule has 0 saturated heterocycles. The maximum Gasteiger partial charge on any atom is 0.161 e. The van der Waals surface area contributed by atoms with Gasteiger partial charge in [-0.2, -0.15) is 0 Å². The van der Waals surface area contributed by atoms with Gasteiger partial charge < -0.3 is 4.90 Å². The highest BCUT2D eigenvalue weighted by molar-refractivity contribution is 5.99. The summed E-state index contributed by atoms with van der Waals surface area (Å²) in [6.45, 7) is 6.63. The first kappa shape index (κ1) is 13.7. The lowest BCUT2D eigenvalue weighted by atomic mass is 10.1. The summed E-state index contributed by atoms with van der Waals surface area (Å²) in [5.41, 5.74) is 1.26. The zero-order valence-electron chi connectivity index (χ0n) is 11.0. The molecule has 0 aromatic heterocycles. The molecule has 2 nitrogen and oxygen atoms in total. The molecule has 0 amide bonds. The third kappa shape index (κ3) is 3.55. The molecule has 3 heteroatoms. The van der Waals surface area contributed by atoms with Crippen LogP contribution in [0.5, 0.6) is 0 Å². The van der Waals surface area contributed by atoms with Crippen molar-refractivity contribution < 1.29 is 9.18 Å². The van der Waals surface area contributed by atoms with Crippen LogP contribution in [-0.4, -0.2) is 19.4 Å².